The summed E-state index contributed by atoms with van der Waals surface area (Å²) in [5.74, 6) is 2.80. The van der Waals surface area contributed by atoms with Crippen molar-refractivity contribution < 1.29 is 9.59 Å². The molecule has 5 fully saturated rings. The quantitative estimate of drug-likeness (QED) is 0.667. The molecule has 1 saturated heterocycles. The Morgan fingerprint density at radius 2 is 1.71 bits per heavy atom. The Morgan fingerprint density at radius 1 is 1.06 bits per heavy atom. The number of rotatable bonds is 5. The molecule has 6 nitrogen and oxygen atoms in total. The minimum atomic E-state index is -0.0168. The lowest BCUT2D eigenvalue weighted by Crippen LogP contribution is -2.61. The molecule has 1 aromatic rings. The molecule has 5 aliphatic rings. The maximum Gasteiger partial charge on any atom is 0.317 e. The monoisotopic (exact) mass is 424 g/mol. The number of hydrogen-bond acceptors (Lipinski definition) is 2. The van der Waals surface area contributed by atoms with Crippen molar-refractivity contribution >= 4 is 12.1 Å². The predicted molar refractivity (Wildman–Crippen MR) is 121 cm³/mol. The fraction of sp³-hybridized carbons (Fsp3) is 0.680. The largest absolute Gasteiger partial charge is 0.338 e. The maximum absolute atomic E-state index is 12.7. The lowest BCUT2D eigenvalue weighted by atomic mass is 9.53. The molecular weight excluding hydrogens is 388 g/mol. The second-order valence-corrected chi connectivity index (χ2v) is 10.7. The molecule has 4 bridgehead atoms. The Labute approximate surface area is 185 Å². The SMILES string of the molecule is CC(NC(=O)N1CCC(CNC(=O)NC23CC4CC(CC(C4)C2)C3)C1)c1ccccc1. The first-order chi connectivity index (χ1) is 15.0. The summed E-state index contributed by atoms with van der Waals surface area (Å²) in [7, 11) is 0. The average Bonchev–Trinajstić information content (AvgIpc) is 3.21. The second-order valence-electron chi connectivity index (χ2n) is 10.7. The van der Waals surface area contributed by atoms with Crippen LogP contribution in [-0.4, -0.2) is 42.1 Å². The third kappa shape index (κ3) is 4.53. The molecule has 4 amide bonds. The van der Waals surface area contributed by atoms with Gasteiger partial charge < -0.3 is 20.9 Å². The van der Waals surface area contributed by atoms with E-state index in [0.717, 1.165) is 36.3 Å². The molecule has 6 rings (SSSR count). The van der Waals surface area contributed by atoms with Crippen molar-refractivity contribution in [2.45, 2.75) is 63.5 Å². The van der Waals surface area contributed by atoms with Crippen LogP contribution in [0.2, 0.25) is 0 Å². The highest BCUT2D eigenvalue weighted by Gasteiger charge is 2.51. The molecule has 31 heavy (non-hydrogen) atoms. The molecule has 1 aliphatic heterocycles. The topological polar surface area (TPSA) is 73.5 Å². The van der Waals surface area contributed by atoms with E-state index < -0.39 is 0 Å². The number of benzene rings is 1. The van der Waals surface area contributed by atoms with Gasteiger partial charge in [0.25, 0.3) is 0 Å². The van der Waals surface area contributed by atoms with Crippen LogP contribution < -0.4 is 16.0 Å². The van der Waals surface area contributed by atoms with Gasteiger partial charge in [0.05, 0.1) is 6.04 Å². The van der Waals surface area contributed by atoms with Crippen molar-refractivity contribution in [2.24, 2.45) is 23.7 Å². The van der Waals surface area contributed by atoms with E-state index in [9.17, 15) is 9.59 Å². The van der Waals surface area contributed by atoms with Gasteiger partial charge in [0.15, 0.2) is 0 Å². The second kappa shape index (κ2) is 8.36. The molecule has 6 heteroatoms. The Bertz CT molecular complexity index is 776. The third-order valence-electron chi connectivity index (χ3n) is 8.18. The van der Waals surface area contributed by atoms with Crippen LogP contribution in [0.25, 0.3) is 0 Å². The average molecular weight is 425 g/mol. The summed E-state index contributed by atoms with van der Waals surface area (Å²) >= 11 is 0. The number of carbonyl (C=O) groups excluding carboxylic acids is 2. The number of nitrogens with zero attached hydrogens (tertiary/aromatic N) is 1. The van der Waals surface area contributed by atoms with E-state index >= 15 is 0 Å². The van der Waals surface area contributed by atoms with Crippen molar-refractivity contribution in [3.05, 3.63) is 35.9 Å². The number of urea groups is 2. The summed E-state index contributed by atoms with van der Waals surface area (Å²) < 4.78 is 0. The Hall–Kier alpha value is -2.24. The maximum atomic E-state index is 12.7. The molecule has 1 heterocycles. The first-order valence-corrected chi connectivity index (χ1v) is 12.1. The number of amides is 4. The van der Waals surface area contributed by atoms with Crippen molar-refractivity contribution in [1.82, 2.24) is 20.9 Å². The summed E-state index contributed by atoms with van der Waals surface area (Å²) in [4.78, 5) is 27.2. The fourth-order valence-electron chi connectivity index (χ4n) is 7.07. The molecule has 0 spiro atoms. The molecule has 2 atom stereocenters. The zero-order valence-electron chi connectivity index (χ0n) is 18.6. The highest BCUT2D eigenvalue weighted by atomic mass is 16.2. The van der Waals surface area contributed by atoms with Crippen LogP contribution in [-0.2, 0) is 0 Å². The van der Waals surface area contributed by atoms with E-state index in [1.165, 1.54) is 38.5 Å². The van der Waals surface area contributed by atoms with E-state index in [0.29, 0.717) is 19.0 Å². The molecule has 0 aromatic heterocycles. The molecule has 0 radical (unpaired) electrons. The number of nitrogens with one attached hydrogen (secondary N) is 3. The van der Waals surface area contributed by atoms with Crippen LogP contribution in [0.15, 0.2) is 30.3 Å². The molecule has 168 valence electrons. The molecule has 2 unspecified atom stereocenters. The van der Waals surface area contributed by atoms with Gasteiger partial charge in [-0.25, -0.2) is 9.59 Å². The first kappa shape index (κ1) is 20.7. The lowest BCUT2D eigenvalue weighted by Gasteiger charge is -2.56. The highest BCUT2D eigenvalue weighted by molar-refractivity contribution is 5.76. The minimum absolute atomic E-state index is 0.0115. The standard InChI is InChI=1S/C25H36N4O2/c1-17(22-5-3-2-4-6-22)27-24(31)29-8-7-18(16-29)15-26-23(30)28-25-12-19-9-20(13-25)11-21(10-19)14-25/h2-6,17-21H,7-16H2,1H3,(H,27,31)(H2,26,28,30). The first-order valence-electron chi connectivity index (χ1n) is 12.1. The fourth-order valence-corrected chi connectivity index (χ4v) is 7.07. The van der Waals surface area contributed by atoms with Crippen LogP contribution in [0.1, 0.15) is 63.5 Å². The summed E-state index contributed by atoms with van der Waals surface area (Å²) in [5.41, 5.74) is 1.16. The zero-order valence-corrected chi connectivity index (χ0v) is 18.6. The van der Waals surface area contributed by atoms with Gasteiger partial charge in [-0.15, -0.1) is 0 Å². The van der Waals surface area contributed by atoms with Crippen molar-refractivity contribution in [2.75, 3.05) is 19.6 Å². The predicted octanol–water partition coefficient (Wildman–Crippen LogP) is 4.05. The van der Waals surface area contributed by atoms with Gasteiger partial charge in [0.2, 0.25) is 0 Å². The van der Waals surface area contributed by atoms with Crippen LogP contribution in [0, 0.1) is 23.7 Å². The van der Waals surface area contributed by atoms with E-state index in [1.807, 2.05) is 42.2 Å². The van der Waals surface area contributed by atoms with Gasteiger partial charge in [-0.2, -0.15) is 0 Å². The molecular formula is C25H36N4O2. The van der Waals surface area contributed by atoms with Crippen LogP contribution >= 0.6 is 0 Å². The summed E-state index contributed by atoms with van der Waals surface area (Å²) in [6, 6.07) is 9.98. The van der Waals surface area contributed by atoms with Gasteiger partial charge in [0.1, 0.15) is 0 Å². The van der Waals surface area contributed by atoms with E-state index in [-0.39, 0.29) is 23.6 Å². The number of likely N-dealkylation sites (tertiary alicyclic amines) is 1. The van der Waals surface area contributed by atoms with E-state index in [2.05, 4.69) is 16.0 Å². The van der Waals surface area contributed by atoms with Crippen molar-refractivity contribution in [3.8, 4) is 0 Å². The van der Waals surface area contributed by atoms with Gasteiger partial charge in [-0.3, -0.25) is 0 Å². The molecule has 4 saturated carbocycles. The van der Waals surface area contributed by atoms with Crippen LogP contribution in [0.3, 0.4) is 0 Å². The van der Waals surface area contributed by atoms with E-state index in [4.69, 9.17) is 0 Å². The smallest absolute Gasteiger partial charge is 0.317 e. The lowest BCUT2D eigenvalue weighted by molar-refractivity contribution is -0.0135. The van der Waals surface area contributed by atoms with Crippen LogP contribution in [0.5, 0.6) is 0 Å². The van der Waals surface area contributed by atoms with Crippen molar-refractivity contribution in [3.63, 3.8) is 0 Å². The Kier molecular flexibility index (Phi) is 5.57. The number of hydrogen-bond donors (Lipinski definition) is 3. The van der Waals surface area contributed by atoms with Gasteiger partial charge in [-0.1, -0.05) is 30.3 Å². The minimum Gasteiger partial charge on any atom is -0.338 e. The normalized spacial score (nSPS) is 34.4. The van der Waals surface area contributed by atoms with Crippen molar-refractivity contribution in [1.29, 1.82) is 0 Å². The number of carbonyl (C=O) groups is 2. The molecule has 3 N–H and O–H groups in total. The highest BCUT2D eigenvalue weighted by Crippen LogP contribution is 2.55. The summed E-state index contributed by atoms with van der Waals surface area (Å²) in [6.07, 6.45) is 8.59. The van der Waals surface area contributed by atoms with Gasteiger partial charge in [-0.05, 0) is 81.1 Å². The summed E-state index contributed by atoms with van der Waals surface area (Å²) in [6.45, 7) is 4.09. The Balaban J connectivity index is 1.06. The van der Waals surface area contributed by atoms with E-state index in [1.54, 1.807) is 0 Å². The van der Waals surface area contributed by atoms with Gasteiger partial charge in [0, 0.05) is 25.2 Å². The van der Waals surface area contributed by atoms with Crippen LogP contribution in [0.4, 0.5) is 9.59 Å². The third-order valence-corrected chi connectivity index (χ3v) is 8.18. The summed E-state index contributed by atoms with van der Waals surface area (Å²) in [5, 5.41) is 9.60. The van der Waals surface area contributed by atoms with Gasteiger partial charge >= 0.3 is 12.1 Å². The molecule has 4 aliphatic carbocycles. The molecule has 1 aromatic carbocycles. The Morgan fingerprint density at radius 3 is 2.35 bits per heavy atom. The zero-order chi connectivity index (χ0) is 21.4.